The fourth-order valence-electron chi connectivity index (χ4n) is 2.56. The van der Waals surface area contributed by atoms with E-state index in [1.807, 2.05) is 0 Å². The van der Waals surface area contributed by atoms with Gasteiger partial charge >= 0.3 is 0 Å². The van der Waals surface area contributed by atoms with Crippen LogP contribution in [-0.4, -0.2) is 13.1 Å². The molecule has 0 aromatic heterocycles. The maximum atomic E-state index is 3.34. The fourth-order valence-corrected chi connectivity index (χ4v) is 2.56. The number of rotatable bonds is 3. The second kappa shape index (κ2) is 4.00. The Bertz CT molecular complexity index is 163. The van der Waals surface area contributed by atoms with Gasteiger partial charge in [-0.3, -0.25) is 0 Å². The van der Waals surface area contributed by atoms with Crippen LogP contribution in [0.2, 0.25) is 0 Å². The molecule has 1 aliphatic rings. The Morgan fingerprint density at radius 2 is 2.00 bits per heavy atom. The quantitative estimate of drug-likeness (QED) is 0.709. The third-order valence-electron chi connectivity index (χ3n) is 4.40. The van der Waals surface area contributed by atoms with Crippen molar-refractivity contribution in [2.75, 3.05) is 7.05 Å². The summed E-state index contributed by atoms with van der Waals surface area (Å²) in [5.41, 5.74) is 0.561. The summed E-state index contributed by atoms with van der Waals surface area (Å²) < 4.78 is 0. The lowest BCUT2D eigenvalue weighted by atomic mass is 9.74. The molecule has 1 aliphatic carbocycles. The molecule has 0 spiro atoms. The molecule has 78 valence electrons. The molecule has 1 saturated carbocycles. The maximum Gasteiger partial charge on any atom is 0.00385 e. The van der Waals surface area contributed by atoms with Crippen LogP contribution < -0.4 is 5.32 Å². The monoisotopic (exact) mass is 183 g/mol. The summed E-state index contributed by atoms with van der Waals surface area (Å²) in [6, 6.07) is 0.676. The van der Waals surface area contributed by atoms with Crippen LogP contribution in [0.3, 0.4) is 0 Å². The second-order valence-electron chi connectivity index (χ2n) is 5.42. The number of hydrogen-bond acceptors (Lipinski definition) is 1. The van der Waals surface area contributed by atoms with E-state index in [0.29, 0.717) is 11.5 Å². The molecule has 3 atom stereocenters. The zero-order valence-electron chi connectivity index (χ0n) is 9.85. The average molecular weight is 183 g/mol. The van der Waals surface area contributed by atoms with Gasteiger partial charge in [0.1, 0.15) is 0 Å². The summed E-state index contributed by atoms with van der Waals surface area (Å²) in [5.74, 6) is 1.83. The minimum atomic E-state index is 0.561. The van der Waals surface area contributed by atoms with E-state index < -0.39 is 0 Å². The molecular weight excluding hydrogens is 158 g/mol. The lowest BCUT2D eigenvalue weighted by molar-refractivity contribution is 0.178. The van der Waals surface area contributed by atoms with Crippen molar-refractivity contribution in [2.45, 2.75) is 53.0 Å². The molecule has 0 aromatic carbocycles. The minimum Gasteiger partial charge on any atom is -0.317 e. The Morgan fingerprint density at radius 3 is 2.38 bits per heavy atom. The van der Waals surface area contributed by atoms with Crippen molar-refractivity contribution in [3.63, 3.8) is 0 Å². The van der Waals surface area contributed by atoms with Crippen LogP contribution in [0.15, 0.2) is 0 Å². The lowest BCUT2D eigenvalue weighted by Crippen LogP contribution is -2.30. The molecule has 0 amide bonds. The van der Waals surface area contributed by atoms with E-state index >= 15 is 0 Å². The predicted molar refractivity (Wildman–Crippen MR) is 58.8 cm³/mol. The van der Waals surface area contributed by atoms with Crippen LogP contribution in [0.5, 0.6) is 0 Å². The van der Waals surface area contributed by atoms with E-state index in [1.165, 1.54) is 19.3 Å². The van der Waals surface area contributed by atoms with Crippen molar-refractivity contribution in [1.82, 2.24) is 5.32 Å². The maximum absolute atomic E-state index is 3.34. The molecule has 0 saturated heterocycles. The molecule has 0 aromatic rings. The third-order valence-corrected chi connectivity index (χ3v) is 4.40. The van der Waals surface area contributed by atoms with E-state index in [2.05, 4.69) is 40.1 Å². The third kappa shape index (κ3) is 2.25. The highest BCUT2D eigenvalue weighted by atomic mass is 14.9. The van der Waals surface area contributed by atoms with Gasteiger partial charge in [-0.25, -0.2) is 0 Å². The Labute approximate surface area is 83.3 Å². The zero-order valence-corrected chi connectivity index (χ0v) is 9.85. The molecule has 0 aliphatic heterocycles. The highest BCUT2D eigenvalue weighted by Crippen LogP contribution is 2.48. The summed E-state index contributed by atoms with van der Waals surface area (Å²) in [6.07, 6.45) is 4.20. The normalized spacial score (nSPS) is 34.8. The number of hydrogen-bond donors (Lipinski definition) is 1. The molecular formula is C12H25N. The van der Waals surface area contributed by atoms with Gasteiger partial charge in [0.15, 0.2) is 0 Å². The van der Waals surface area contributed by atoms with E-state index in [1.54, 1.807) is 0 Å². The smallest absolute Gasteiger partial charge is 0.00385 e. The first-order chi connectivity index (χ1) is 5.98. The summed E-state index contributed by atoms with van der Waals surface area (Å²) >= 11 is 0. The van der Waals surface area contributed by atoms with Crippen LogP contribution in [0, 0.1) is 17.3 Å². The Balaban J connectivity index is 2.52. The topological polar surface area (TPSA) is 12.0 Å². The van der Waals surface area contributed by atoms with Gasteiger partial charge in [-0.05, 0) is 50.5 Å². The highest BCUT2D eigenvalue weighted by Gasteiger charge is 2.40. The molecule has 1 nitrogen and oxygen atoms in total. The molecule has 0 bridgehead atoms. The van der Waals surface area contributed by atoms with Gasteiger partial charge in [0.2, 0.25) is 0 Å². The fraction of sp³-hybridized carbons (Fsp3) is 1.00. The predicted octanol–water partition coefficient (Wildman–Crippen LogP) is 3.06. The summed E-state index contributed by atoms with van der Waals surface area (Å²) in [6.45, 7) is 9.58. The van der Waals surface area contributed by atoms with Gasteiger partial charge in [0.05, 0.1) is 0 Å². The molecule has 1 rings (SSSR count). The molecule has 1 fully saturated rings. The highest BCUT2D eigenvalue weighted by molar-refractivity contribution is 4.90. The largest absolute Gasteiger partial charge is 0.317 e. The molecule has 1 N–H and O–H groups in total. The van der Waals surface area contributed by atoms with Gasteiger partial charge in [-0.1, -0.05) is 20.8 Å². The zero-order chi connectivity index (χ0) is 10.1. The summed E-state index contributed by atoms with van der Waals surface area (Å²) in [4.78, 5) is 0. The molecule has 13 heavy (non-hydrogen) atoms. The second-order valence-corrected chi connectivity index (χ2v) is 5.42. The van der Waals surface area contributed by atoms with Crippen LogP contribution in [0.25, 0.3) is 0 Å². The van der Waals surface area contributed by atoms with E-state index in [-0.39, 0.29) is 0 Å². The van der Waals surface area contributed by atoms with Crippen molar-refractivity contribution in [2.24, 2.45) is 17.3 Å². The van der Waals surface area contributed by atoms with Gasteiger partial charge in [0.25, 0.3) is 0 Å². The Morgan fingerprint density at radius 1 is 1.38 bits per heavy atom. The number of nitrogens with one attached hydrogen (secondary N) is 1. The van der Waals surface area contributed by atoms with Gasteiger partial charge in [-0.15, -0.1) is 0 Å². The lowest BCUT2D eigenvalue weighted by Gasteiger charge is -2.32. The van der Waals surface area contributed by atoms with Crippen LogP contribution in [0.4, 0.5) is 0 Å². The average Bonchev–Trinajstić information content (AvgIpc) is 2.31. The molecule has 0 radical (unpaired) electrons. The Kier molecular flexibility index (Phi) is 3.39. The van der Waals surface area contributed by atoms with Crippen LogP contribution in [-0.2, 0) is 0 Å². The van der Waals surface area contributed by atoms with Crippen molar-refractivity contribution >= 4 is 0 Å². The van der Waals surface area contributed by atoms with Crippen molar-refractivity contribution in [1.29, 1.82) is 0 Å². The van der Waals surface area contributed by atoms with Crippen molar-refractivity contribution in [3.05, 3.63) is 0 Å². The Hall–Kier alpha value is -0.0400. The van der Waals surface area contributed by atoms with Crippen molar-refractivity contribution < 1.29 is 0 Å². The van der Waals surface area contributed by atoms with E-state index in [0.717, 1.165) is 11.8 Å². The molecule has 0 heterocycles. The first-order valence-electron chi connectivity index (χ1n) is 5.65. The molecule has 3 unspecified atom stereocenters. The van der Waals surface area contributed by atoms with Crippen LogP contribution >= 0.6 is 0 Å². The van der Waals surface area contributed by atoms with Crippen molar-refractivity contribution in [3.8, 4) is 0 Å². The van der Waals surface area contributed by atoms with Gasteiger partial charge in [-0.2, -0.15) is 0 Å². The summed E-state index contributed by atoms with van der Waals surface area (Å²) in [7, 11) is 2.07. The van der Waals surface area contributed by atoms with Gasteiger partial charge in [0, 0.05) is 6.04 Å². The first-order valence-corrected chi connectivity index (χ1v) is 5.65. The van der Waals surface area contributed by atoms with Gasteiger partial charge < -0.3 is 5.32 Å². The van der Waals surface area contributed by atoms with E-state index in [9.17, 15) is 0 Å². The molecule has 1 heteroatoms. The SMILES string of the molecule is CNC(C)CC1CCC(C)C1(C)C. The van der Waals surface area contributed by atoms with Crippen LogP contribution in [0.1, 0.15) is 47.0 Å². The standard InChI is InChI=1S/C12H25N/c1-9-6-7-11(12(9,3)4)8-10(2)13-5/h9-11,13H,6-8H2,1-5H3. The van der Waals surface area contributed by atoms with E-state index in [4.69, 9.17) is 0 Å². The first kappa shape index (κ1) is 11.0. The minimum absolute atomic E-state index is 0.561. The summed E-state index contributed by atoms with van der Waals surface area (Å²) in [5, 5.41) is 3.34.